The van der Waals surface area contributed by atoms with Gasteiger partial charge in [-0.25, -0.2) is 0 Å². The lowest BCUT2D eigenvalue weighted by atomic mass is 9.99. The number of hydrogen-bond donors (Lipinski definition) is 1. The van der Waals surface area contributed by atoms with Crippen LogP contribution in [0.5, 0.6) is 0 Å². The smallest absolute Gasteiger partial charge is 0.0226 e. The quantitative estimate of drug-likeness (QED) is 0.511. The topological polar surface area (TPSA) is 15.3 Å². The van der Waals surface area contributed by atoms with Crippen LogP contribution in [0, 0.1) is 5.92 Å². The predicted molar refractivity (Wildman–Crippen MR) is 81.5 cm³/mol. The van der Waals surface area contributed by atoms with Crippen LogP contribution in [-0.2, 0) is 0 Å². The van der Waals surface area contributed by atoms with Gasteiger partial charge < -0.3 is 10.2 Å². The molecule has 0 aromatic rings. The fourth-order valence-corrected chi connectivity index (χ4v) is 3.30. The van der Waals surface area contributed by atoms with Gasteiger partial charge in [0.2, 0.25) is 0 Å². The minimum absolute atomic E-state index is 0.775. The Morgan fingerprint density at radius 1 is 1.33 bits per heavy atom. The van der Waals surface area contributed by atoms with Gasteiger partial charge in [-0.3, -0.25) is 0 Å². The molecule has 2 unspecified atom stereocenters. The van der Waals surface area contributed by atoms with E-state index in [1.165, 1.54) is 45.1 Å². The van der Waals surface area contributed by atoms with E-state index in [1.54, 1.807) is 0 Å². The molecule has 0 aromatic heterocycles. The maximum atomic E-state index is 5.85. The van der Waals surface area contributed by atoms with Crippen molar-refractivity contribution < 1.29 is 0 Å². The number of nitrogens with one attached hydrogen (secondary N) is 1. The van der Waals surface area contributed by atoms with E-state index in [9.17, 15) is 0 Å². The molecule has 1 aliphatic heterocycles. The average molecular weight is 275 g/mol. The van der Waals surface area contributed by atoms with Gasteiger partial charge in [0.25, 0.3) is 0 Å². The molecule has 2 nitrogen and oxygen atoms in total. The van der Waals surface area contributed by atoms with Crippen LogP contribution in [0.3, 0.4) is 0 Å². The summed E-state index contributed by atoms with van der Waals surface area (Å²) in [7, 11) is 2.28. The molecule has 0 radical (unpaired) electrons. The van der Waals surface area contributed by atoms with Crippen molar-refractivity contribution in [3.05, 3.63) is 0 Å². The molecule has 0 bridgehead atoms. The predicted octanol–water partition coefficient (Wildman–Crippen LogP) is 3.50. The summed E-state index contributed by atoms with van der Waals surface area (Å²) in [5.41, 5.74) is 0. The lowest BCUT2D eigenvalue weighted by Gasteiger charge is -2.32. The van der Waals surface area contributed by atoms with Crippen LogP contribution >= 0.6 is 11.6 Å². The summed E-state index contributed by atoms with van der Waals surface area (Å²) in [6, 6.07) is 0.809. The second kappa shape index (κ2) is 10.1. The van der Waals surface area contributed by atoms with Crippen molar-refractivity contribution in [3.8, 4) is 0 Å². The first-order valence-electron chi connectivity index (χ1n) is 7.74. The van der Waals surface area contributed by atoms with Gasteiger partial charge >= 0.3 is 0 Å². The largest absolute Gasteiger partial charge is 0.316 e. The molecular weight excluding hydrogens is 244 g/mol. The number of halogens is 1. The van der Waals surface area contributed by atoms with Gasteiger partial charge in [0.1, 0.15) is 0 Å². The third kappa shape index (κ3) is 6.40. The fourth-order valence-electron chi connectivity index (χ4n) is 2.99. The Bertz CT molecular complexity index is 193. The molecule has 18 heavy (non-hydrogen) atoms. The lowest BCUT2D eigenvalue weighted by molar-refractivity contribution is 0.175. The minimum atomic E-state index is 0.775. The van der Waals surface area contributed by atoms with E-state index in [0.29, 0.717) is 0 Å². The van der Waals surface area contributed by atoms with Crippen molar-refractivity contribution in [2.75, 3.05) is 32.6 Å². The van der Waals surface area contributed by atoms with E-state index in [2.05, 4.69) is 24.2 Å². The number of hydrogen-bond acceptors (Lipinski definition) is 2. The zero-order valence-corrected chi connectivity index (χ0v) is 13.0. The van der Waals surface area contributed by atoms with Crippen molar-refractivity contribution in [3.63, 3.8) is 0 Å². The van der Waals surface area contributed by atoms with Gasteiger partial charge in [0.15, 0.2) is 0 Å². The van der Waals surface area contributed by atoms with Crippen LogP contribution in [0.2, 0.25) is 0 Å². The average Bonchev–Trinajstić information content (AvgIpc) is 2.37. The molecule has 1 rings (SSSR count). The Hall–Kier alpha value is 0.210. The van der Waals surface area contributed by atoms with Crippen molar-refractivity contribution in [2.45, 2.75) is 57.9 Å². The first kappa shape index (κ1) is 16.3. The third-order valence-electron chi connectivity index (χ3n) is 4.22. The van der Waals surface area contributed by atoms with E-state index in [-0.39, 0.29) is 0 Å². The van der Waals surface area contributed by atoms with Gasteiger partial charge in [-0.05, 0) is 64.7 Å². The highest BCUT2D eigenvalue weighted by Gasteiger charge is 2.18. The summed E-state index contributed by atoms with van der Waals surface area (Å²) >= 11 is 5.85. The van der Waals surface area contributed by atoms with Crippen LogP contribution in [0.4, 0.5) is 0 Å². The SMILES string of the molecule is CCCC(CCCl)CNCCC1CCCCN1C. The molecule has 1 aliphatic rings. The Kier molecular flexibility index (Phi) is 9.08. The Balaban J connectivity index is 2.08. The molecule has 2 atom stereocenters. The van der Waals surface area contributed by atoms with Crippen molar-refractivity contribution in [1.82, 2.24) is 10.2 Å². The number of piperidine rings is 1. The standard InChI is InChI=1S/C15H31ClN2/c1-3-6-14(8-10-16)13-17-11-9-15-7-4-5-12-18(15)2/h14-15,17H,3-13H2,1-2H3. The van der Waals surface area contributed by atoms with E-state index in [1.807, 2.05) is 0 Å². The molecule has 1 heterocycles. The number of likely N-dealkylation sites (tertiary alicyclic amines) is 1. The maximum Gasteiger partial charge on any atom is 0.0226 e. The Morgan fingerprint density at radius 2 is 2.17 bits per heavy atom. The second-order valence-electron chi connectivity index (χ2n) is 5.76. The summed E-state index contributed by atoms with van der Waals surface area (Å²) in [5.74, 6) is 1.58. The van der Waals surface area contributed by atoms with E-state index < -0.39 is 0 Å². The summed E-state index contributed by atoms with van der Waals surface area (Å²) in [6.45, 7) is 5.86. The third-order valence-corrected chi connectivity index (χ3v) is 4.44. The number of nitrogens with zero attached hydrogens (tertiary/aromatic N) is 1. The van der Waals surface area contributed by atoms with Gasteiger partial charge in [-0.15, -0.1) is 11.6 Å². The molecule has 0 amide bonds. The molecule has 1 N–H and O–H groups in total. The van der Waals surface area contributed by atoms with Crippen LogP contribution in [0.15, 0.2) is 0 Å². The van der Waals surface area contributed by atoms with Crippen LogP contribution < -0.4 is 5.32 Å². The number of rotatable bonds is 9. The van der Waals surface area contributed by atoms with Gasteiger partial charge in [0, 0.05) is 11.9 Å². The molecule has 3 heteroatoms. The monoisotopic (exact) mass is 274 g/mol. The van der Waals surface area contributed by atoms with Gasteiger partial charge in [0.05, 0.1) is 0 Å². The van der Waals surface area contributed by atoms with Gasteiger partial charge in [-0.2, -0.15) is 0 Å². The summed E-state index contributed by atoms with van der Waals surface area (Å²) in [4.78, 5) is 2.54. The molecule has 0 saturated carbocycles. The summed E-state index contributed by atoms with van der Waals surface area (Å²) < 4.78 is 0. The first-order valence-corrected chi connectivity index (χ1v) is 8.28. The summed E-state index contributed by atoms with van der Waals surface area (Å²) in [5, 5.41) is 3.64. The van der Waals surface area contributed by atoms with Crippen LogP contribution in [-0.4, -0.2) is 43.5 Å². The molecule has 0 aliphatic carbocycles. The fraction of sp³-hybridized carbons (Fsp3) is 1.00. The van der Waals surface area contributed by atoms with Crippen LogP contribution in [0.1, 0.15) is 51.9 Å². The van der Waals surface area contributed by atoms with E-state index in [0.717, 1.165) is 37.4 Å². The van der Waals surface area contributed by atoms with Crippen LogP contribution in [0.25, 0.3) is 0 Å². The molecule has 0 spiro atoms. The van der Waals surface area contributed by atoms with E-state index >= 15 is 0 Å². The first-order chi connectivity index (χ1) is 8.77. The zero-order chi connectivity index (χ0) is 13.2. The second-order valence-corrected chi connectivity index (χ2v) is 6.13. The number of alkyl halides is 1. The summed E-state index contributed by atoms with van der Waals surface area (Å²) in [6.07, 6.45) is 9.23. The van der Waals surface area contributed by atoms with E-state index in [4.69, 9.17) is 11.6 Å². The Labute approximate surface area is 118 Å². The normalized spacial score (nSPS) is 23.2. The molecular formula is C15H31ClN2. The van der Waals surface area contributed by atoms with Crippen molar-refractivity contribution in [2.24, 2.45) is 5.92 Å². The van der Waals surface area contributed by atoms with Gasteiger partial charge in [-0.1, -0.05) is 19.8 Å². The van der Waals surface area contributed by atoms with Crippen molar-refractivity contribution >= 4 is 11.6 Å². The molecule has 0 aromatic carbocycles. The molecule has 108 valence electrons. The Morgan fingerprint density at radius 3 is 2.83 bits per heavy atom. The molecule has 1 saturated heterocycles. The maximum absolute atomic E-state index is 5.85. The highest BCUT2D eigenvalue weighted by Crippen LogP contribution is 2.17. The lowest BCUT2D eigenvalue weighted by Crippen LogP contribution is -2.38. The van der Waals surface area contributed by atoms with Crippen molar-refractivity contribution in [1.29, 1.82) is 0 Å². The highest BCUT2D eigenvalue weighted by molar-refractivity contribution is 6.17. The zero-order valence-electron chi connectivity index (χ0n) is 12.3. The minimum Gasteiger partial charge on any atom is -0.316 e. The highest BCUT2D eigenvalue weighted by atomic mass is 35.5. The molecule has 1 fully saturated rings.